The third kappa shape index (κ3) is 2.50. The van der Waals surface area contributed by atoms with E-state index < -0.39 is 5.91 Å². The fourth-order valence-electron chi connectivity index (χ4n) is 4.99. The molecular formula is C20H24N2O2. The Balaban J connectivity index is 1.43. The summed E-state index contributed by atoms with van der Waals surface area (Å²) >= 11 is 0. The smallest absolute Gasteiger partial charge is 0.267 e. The molecule has 0 radical (unpaired) electrons. The maximum absolute atomic E-state index is 11.0. The number of carbonyl (C=O) groups excluding carboxylic acids is 1. The van der Waals surface area contributed by atoms with Crippen molar-refractivity contribution >= 4 is 12.0 Å². The van der Waals surface area contributed by atoms with E-state index in [1.165, 1.54) is 37.3 Å². The largest absolute Gasteiger partial charge is 0.293 e. The van der Waals surface area contributed by atoms with E-state index in [2.05, 4.69) is 30.2 Å². The molecule has 3 unspecified atom stereocenters. The number of carbonyl (C=O) groups is 1. The number of nitrogens with zero attached hydrogens (tertiary/aromatic N) is 1. The summed E-state index contributed by atoms with van der Waals surface area (Å²) in [6.07, 6.45) is 10.9. The second-order valence-electron chi connectivity index (χ2n) is 7.54. The average Bonchev–Trinajstić information content (AvgIpc) is 2.60. The van der Waals surface area contributed by atoms with E-state index in [4.69, 9.17) is 5.21 Å². The van der Waals surface area contributed by atoms with Gasteiger partial charge in [0, 0.05) is 18.2 Å². The van der Waals surface area contributed by atoms with Crippen LogP contribution in [0.25, 0.3) is 6.08 Å². The molecule has 0 spiro atoms. The minimum absolute atomic E-state index is 0.337. The van der Waals surface area contributed by atoms with E-state index in [1.54, 1.807) is 17.1 Å². The number of likely N-dealkylation sites (N-methyl/N-ethyl adjacent to an activating group) is 1. The van der Waals surface area contributed by atoms with Crippen molar-refractivity contribution in [3.63, 3.8) is 0 Å². The molecule has 4 heteroatoms. The van der Waals surface area contributed by atoms with Crippen molar-refractivity contribution in [2.45, 2.75) is 37.8 Å². The lowest BCUT2D eigenvalue weighted by Gasteiger charge is -2.64. The first-order valence-electron chi connectivity index (χ1n) is 8.73. The molecule has 4 nitrogen and oxygen atoms in total. The Hall–Kier alpha value is -1.91. The van der Waals surface area contributed by atoms with Gasteiger partial charge >= 0.3 is 0 Å². The molecule has 24 heavy (non-hydrogen) atoms. The van der Waals surface area contributed by atoms with E-state index in [0.717, 1.165) is 23.9 Å². The number of hydroxylamine groups is 1. The quantitative estimate of drug-likeness (QED) is 0.379. The van der Waals surface area contributed by atoms with Crippen LogP contribution in [0.3, 0.4) is 0 Å². The van der Waals surface area contributed by atoms with Crippen LogP contribution in [0.5, 0.6) is 0 Å². The van der Waals surface area contributed by atoms with Gasteiger partial charge in [-0.25, -0.2) is 5.48 Å². The molecule has 4 bridgehead atoms. The Morgan fingerprint density at radius 3 is 2.79 bits per heavy atom. The predicted octanol–water partition coefficient (Wildman–Crippen LogP) is 3.14. The van der Waals surface area contributed by atoms with Crippen LogP contribution in [0.2, 0.25) is 0 Å². The van der Waals surface area contributed by atoms with Crippen LogP contribution in [0.4, 0.5) is 0 Å². The highest BCUT2D eigenvalue weighted by atomic mass is 16.5. The van der Waals surface area contributed by atoms with Gasteiger partial charge in [-0.05, 0) is 61.8 Å². The van der Waals surface area contributed by atoms with Crippen molar-refractivity contribution in [1.82, 2.24) is 10.4 Å². The normalized spacial score (nSPS) is 30.4. The Kier molecular flexibility index (Phi) is 3.82. The molecule has 4 aliphatic rings. The summed E-state index contributed by atoms with van der Waals surface area (Å²) in [5.41, 5.74) is 5.88. The van der Waals surface area contributed by atoms with Gasteiger partial charge in [0.25, 0.3) is 5.91 Å². The molecule has 2 fully saturated rings. The Bertz CT molecular complexity index is 707. The standard InChI is InChI=1S/C20H24N2O2/c1-22(20-11-16-6-8-18(20)17(10-16)12-20)13-15-4-2-14(3-5-15)7-9-19(23)21-24/h2-5,7-9,16-17,24H,6,10-13H2,1H3,(H,21,23)/b9-7+. The Morgan fingerprint density at radius 1 is 1.38 bits per heavy atom. The molecule has 1 aromatic rings. The number of rotatable bonds is 5. The summed E-state index contributed by atoms with van der Waals surface area (Å²) < 4.78 is 0. The lowest BCUT2D eigenvalue weighted by molar-refractivity contribution is -0.124. The zero-order chi connectivity index (χ0) is 16.7. The van der Waals surface area contributed by atoms with E-state index in [0.29, 0.717) is 5.54 Å². The molecule has 5 rings (SSSR count). The van der Waals surface area contributed by atoms with Gasteiger partial charge in [-0.2, -0.15) is 0 Å². The van der Waals surface area contributed by atoms with Crippen LogP contribution in [-0.2, 0) is 11.3 Å². The summed E-state index contributed by atoms with van der Waals surface area (Å²) in [7, 11) is 2.26. The van der Waals surface area contributed by atoms with E-state index in [1.807, 2.05) is 12.1 Å². The SMILES string of the molecule is CN(Cc1ccc(/C=C/C(=O)NO)cc1)C12CC3CC=C1C(C3)C2. The average molecular weight is 324 g/mol. The highest BCUT2D eigenvalue weighted by molar-refractivity contribution is 5.90. The molecule has 3 atom stereocenters. The van der Waals surface area contributed by atoms with Crippen LogP contribution in [0, 0.1) is 11.8 Å². The number of benzene rings is 1. The predicted molar refractivity (Wildman–Crippen MR) is 93.1 cm³/mol. The van der Waals surface area contributed by atoms with Crippen LogP contribution in [-0.4, -0.2) is 28.6 Å². The fraction of sp³-hybridized carbons (Fsp3) is 0.450. The first-order valence-corrected chi connectivity index (χ1v) is 8.73. The first-order chi connectivity index (χ1) is 11.6. The first kappa shape index (κ1) is 15.6. The van der Waals surface area contributed by atoms with Gasteiger partial charge in [0.05, 0.1) is 0 Å². The molecule has 0 aromatic heterocycles. The van der Waals surface area contributed by atoms with Crippen molar-refractivity contribution in [2.24, 2.45) is 11.8 Å². The number of hydrogen-bond acceptors (Lipinski definition) is 3. The number of hydrogen-bond donors (Lipinski definition) is 2. The van der Waals surface area contributed by atoms with Crippen LogP contribution < -0.4 is 5.48 Å². The lowest BCUT2D eigenvalue weighted by atomic mass is 9.48. The highest BCUT2D eigenvalue weighted by Gasteiger charge is 2.58. The molecular weight excluding hydrogens is 300 g/mol. The molecule has 1 amide bonds. The zero-order valence-electron chi connectivity index (χ0n) is 14.0. The maximum Gasteiger partial charge on any atom is 0.267 e. The summed E-state index contributed by atoms with van der Waals surface area (Å²) in [5, 5.41) is 8.49. The zero-order valence-corrected chi connectivity index (χ0v) is 14.0. The van der Waals surface area contributed by atoms with Gasteiger partial charge in [-0.15, -0.1) is 0 Å². The van der Waals surface area contributed by atoms with Gasteiger partial charge < -0.3 is 0 Å². The van der Waals surface area contributed by atoms with Crippen LogP contribution in [0.1, 0.15) is 36.8 Å². The minimum Gasteiger partial charge on any atom is -0.293 e. The van der Waals surface area contributed by atoms with E-state index in [-0.39, 0.29) is 0 Å². The number of amides is 1. The van der Waals surface area contributed by atoms with Gasteiger partial charge in [0.2, 0.25) is 0 Å². The molecule has 0 saturated heterocycles. The number of nitrogens with one attached hydrogen (secondary N) is 1. The molecule has 2 saturated carbocycles. The third-order valence-corrected chi connectivity index (χ3v) is 6.14. The van der Waals surface area contributed by atoms with Crippen molar-refractivity contribution in [3.05, 3.63) is 53.1 Å². The van der Waals surface area contributed by atoms with Gasteiger partial charge in [-0.1, -0.05) is 35.9 Å². The number of fused-ring (bicyclic) bond motifs is 1. The summed E-state index contributed by atoms with van der Waals surface area (Å²) in [6, 6.07) is 8.26. The number of allylic oxidation sites excluding steroid dienone is 1. The lowest BCUT2D eigenvalue weighted by Crippen LogP contribution is -2.63. The second kappa shape index (κ2) is 5.87. The molecule has 126 valence electrons. The van der Waals surface area contributed by atoms with E-state index in [9.17, 15) is 4.79 Å². The fourth-order valence-corrected chi connectivity index (χ4v) is 4.99. The summed E-state index contributed by atoms with van der Waals surface area (Å²) in [6.45, 7) is 0.956. The van der Waals surface area contributed by atoms with Gasteiger partial charge in [-0.3, -0.25) is 14.9 Å². The summed E-state index contributed by atoms with van der Waals surface area (Å²) in [4.78, 5) is 13.6. The van der Waals surface area contributed by atoms with Crippen molar-refractivity contribution < 1.29 is 10.0 Å². The van der Waals surface area contributed by atoms with Crippen LogP contribution in [0.15, 0.2) is 42.0 Å². The Labute approximate surface area is 142 Å². The molecule has 4 aliphatic carbocycles. The second-order valence-corrected chi connectivity index (χ2v) is 7.54. The van der Waals surface area contributed by atoms with Crippen molar-refractivity contribution in [1.29, 1.82) is 0 Å². The van der Waals surface area contributed by atoms with Gasteiger partial charge in [0.1, 0.15) is 0 Å². The topological polar surface area (TPSA) is 52.6 Å². The molecule has 0 heterocycles. The molecule has 0 aliphatic heterocycles. The van der Waals surface area contributed by atoms with Crippen molar-refractivity contribution in [2.75, 3.05) is 7.05 Å². The minimum atomic E-state index is -0.516. The van der Waals surface area contributed by atoms with Gasteiger partial charge in [0.15, 0.2) is 0 Å². The van der Waals surface area contributed by atoms with E-state index >= 15 is 0 Å². The monoisotopic (exact) mass is 324 g/mol. The van der Waals surface area contributed by atoms with Crippen LogP contribution >= 0.6 is 0 Å². The summed E-state index contributed by atoms with van der Waals surface area (Å²) in [5.74, 6) is 1.25. The molecule has 2 N–H and O–H groups in total. The molecule has 1 aromatic carbocycles. The highest BCUT2D eigenvalue weighted by Crippen LogP contribution is 2.62. The Morgan fingerprint density at radius 2 is 2.17 bits per heavy atom. The maximum atomic E-state index is 11.0. The van der Waals surface area contributed by atoms with Crippen molar-refractivity contribution in [3.8, 4) is 0 Å². The third-order valence-electron chi connectivity index (χ3n) is 6.14.